The number of nitrogens with two attached hydrogens (primary N) is 1. The number of halogens is 3. The Hall–Kier alpha value is -2.67. The summed E-state index contributed by atoms with van der Waals surface area (Å²) in [5.41, 5.74) is 10.3. The maximum absolute atomic E-state index is 13.0. The highest BCUT2D eigenvalue weighted by atomic mass is 32.2. The van der Waals surface area contributed by atoms with Gasteiger partial charge < -0.3 is 10.2 Å². The van der Waals surface area contributed by atoms with Gasteiger partial charge >= 0.3 is 11.8 Å². The zero-order valence-corrected chi connectivity index (χ0v) is 19.8. The largest absolute Gasteiger partial charge is 0.427 e. The van der Waals surface area contributed by atoms with Crippen LogP contribution in [0.15, 0.2) is 56.6 Å². The average Bonchev–Trinajstić information content (AvgIpc) is 2.78. The highest BCUT2D eigenvalue weighted by Gasteiger charge is 2.29. The van der Waals surface area contributed by atoms with Crippen molar-refractivity contribution in [3.05, 3.63) is 80.9 Å². The van der Waals surface area contributed by atoms with Gasteiger partial charge in [-0.2, -0.15) is 13.2 Å². The third-order valence-electron chi connectivity index (χ3n) is 5.61. The van der Waals surface area contributed by atoms with Crippen molar-refractivity contribution in [1.29, 1.82) is 0 Å². The van der Waals surface area contributed by atoms with Crippen LogP contribution in [0.5, 0.6) is 0 Å². The third-order valence-corrected chi connectivity index (χ3v) is 6.63. The highest BCUT2D eigenvalue weighted by Crippen LogP contribution is 2.33. The van der Waals surface area contributed by atoms with E-state index in [9.17, 15) is 18.0 Å². The summed E-state index contributed by atoms with van der Waals surface area (Å²) in [6, 6.07) is 11.0. The first-order valence-corrected chi connectivity index (χ1v) is 12.0. The number of nitrogen functional groups attached to an aromatic ring is 1. The Morgan fingerprint density at radius 2 is 1.52 bits per heavy atom. The SMILES string of the molecule is CCc1cc(CC)c(-c2c(N)cc(CCSc3ccc(C(F)(F)F)cc3)oc2=O)c(CC)c1. The lowest BCUT2D eigenvalue weighted by Gasteiger charge is -2.16. The molecule has 7 heteroatoms. The Kier molecular flexibility index (Phi) is 7.95. The first-order valence-electron chi connectivity index (χ1n) is 11.0. The maximum Gasteiger partial charge on any atom is 0.416 e. The molecule has 33 heavy (non-hydrogen) atoms. The van der Waals surface area contributed by atoms with Gasteiger partial charge in [0.15, 0.2) is 0 Å². The van der Waals surface area contributed by atoms with Crippen LogP contribution in [-0.2, 0) is 31.9 Å². The number of anilines is 1. The molecule has 0 fully saturated rings. The smallest absolute Gasteiger partial charge is 0.416 e. The van der Waals surface area contributed by atoms with Crippen molar-refractivity contribution in [2.45, 2.75) is 57.5 Å². The van der Waals surface area contributed by atoms with Crippen molar-refractivity contribution in [2.24, 2.45) is 0 Å². The van der Waals surface area contributed by atoms with Crippen LogP contribution in [0.4, 0.5) is 18.9 Å². The van der Waals surface area contributed by atoms with E-state index < -0.39 is 17.4 Å². The number of hydrogen-bond donors (Lipinski definition) is 1. The first kappa shape index (κ1) is 25.0. The standard InChI is InChI=1S/C26H28F3NO2S/c1-4-16-13-17(5-2)23(18(6-3)14-16)24-22(30)15-20(32-25(24)31)11-12-33-21-9-7-19(8-10-21)26(27,28)29/h7-10,13-15H,4-6,11-12,30H2,1-3H3. The molecule has 1 heterocycles. The third kappa shape index (κ3) is 5.82. The minimum atomic E-state index is -4.35. The molecule has 3 aromatic rings. The van der Waals surface area contributed by atoms with E-state index >= 15 is 0 Å². The molecule has 3 nitrogen and oxygen atoms in total. The molecule has 1 aromatic heterocycles. The predicted octanol–water partition coefficient (Wildman–Crippen LogP) is 6.93. The number of alkyl halides is 3. The molecule has 176 valence electrons. The summed E-state index contributed by atoms with van der Waals surface area (Å²) >= 11 is 1.39. The van der Waals surface area contributed by atoms with Crippen LogP contribution in [-0.4, -0.2) is 5.75 Å². The average molecular weight is 476 g/mol. The van der Waals surface area contributed by atoms with Crippen molar-refractivity contribution in [3.8, 4) is 11.1 Å². The van der Waals surface area contributed by atoms with Gasteiger partial charge in [-0.3, -0.25) is 0 Å². The van der Waals surface area contributed by atoms with Crippen LogP contribution in [0, 0.1) is 0 Å². The monoisotopic (exact) mass is 475 g/mol. The number of thioether (sulfide) groups is 1. The van der Waals surface area contributed by atoms with E-state index in [1.807, 2.05) is 0 Å². The Morgan fingerprint density at radius 1 is 0.909 bits per heavy atom. The lowest BCUT2D eigenvalue weighted by molar-refractivity contribution is -0.137. The number of aryl methyl sites for hydroxylation is 4. The van der Waals surface area contributed by atoms with E-state index in [0.29, 0.717) is 34.1 Å². The van der Waals surface area contributed by atoms with E-state index in [1.165, 1.54) is 29.5 Å². The fraction of sp³-hybridized carbons (Fsp3) is 0.346. The summed E-state index contributed by atoms with van der Waals surface area (Å²) in [6.45, 7) is 6.22. The minimum Gasteiger partial charge on any atom is -0.427 e. The van der Waals surface area contributed by atoms with E-state index in [1.54, 1.807) is 6.07 Å². The summed E-state index contributed by atoms with van der Waals surface area (Å²) in [4.78, 5) is 13.7. The summed E-state index contributed by atoms with van der Waals surface area (Å²) < 4.78 is 43.7. The molecule has 0 unspecified atom stereocenters. The lowest BCUT2D eigenvalue weighted by atomic mass is 9.89. The fourth-order valence-corrected chi connectivity index (χ4v) is 4.73. The summed E-state index contributed by atoms with van der Waals surface area (Å²) in [5.74, 6) is 1.00. The molecule has 0 aliphatic rings. The zero-order valence-electron chi connectivity index (χ0n) is 19.0. The van der Waals surface area contributed by atoms with Crippen molar-refractivity contribution >= 4 is 17.4 Å². The molecule has 0 saturated heterocycles. The molecular formula is C26H28F3NO2S. The van der Waals surface area contributed by atoms with Crippen molar-refractivity contribution in [3.63, 3.8) is 0 Å². The van der Waals surface area contributed by atoms with Gasteiger partial charge in [0.25, 0.3) is 0 Å². The highest BCUT2D eigenvalue weighted by molar-refractivity contribution is 7.99. The van der Waals surface area contributed by atoms with Gasteiger partial charge in [0.1, 0.15) is 5.76 Å². The Bertz CT molecular complexity index is 1140. The first-order chi connectivity index (χ1) is 15.7. The molecule has 0 amide bonds. The lowest BCUT2D eigenvalue weighted by Crippen LogP contribution is -2.12. The predicted molar refractivity (Wildman–Crippen MR) is 129 cm³/mol. The molecule has 0 aliphatic carbocycles. The molecule has 0 saturated carbocycles. The van der Waals surface area contributed by atoms with Crippen molar-refractivity contribution in [2.75, 3.05) is 11.5 Å². The van der Waals surface area contributed by atoms with E-state index in [-0.39, 0.29) is 0 Å². The number of hydrogen-bond acceptors (Lipinski definition) is 4. The van der Waals surface area contributed by atoms with Crippen LogP contribution in [0.2, 0.25) is 0 Å². The molecule has 0 spiro atoms. The van der Waals surface area contributed by atoms with Crippen molar-refractivity contribution in [1.82, 2.24) is 0 Å². The number of benzene rings is 2. The summed E-state index contributed by atoms with van der Waals surface area (Å²) in [6.07, 6.45) is -1.44. The second-order valence-electron chi connectivity index (χ2n) is 7.80. The van der Waals surface area contributed by atoms with Gasteiger partial charge in [-0.1, -0.05) is 32.9 Å². The molecule has 0 aliphatic heterocycles. The quantitative estimate of drug-likeness (QED) is 0.359. The van der Waals surface area contributed by atoms with Crippen LogP contribution in [0.3, 0.4) is 0 Å². The molecule has 0 bridgehead atoms. The summed E-state index contributed by atoms with van der Waals surface area (Å²) in [5, 5.41) is 0. The minimum absolute atomic E-state index is 0.384. The topological polar surface area (TPSA) is 56.2 Å². The molecule has 2 aromatic carbocycles. The van der Waals surface area contributed by atoms with Crippen LogP contribution >= 0.6 is 11.8 Å². The maximum atomic E-state index is 13.0. The summed E-state index contributed by atoms with van der Waals surface area (Å²) in [7, 11) is 0. The van der Waals surface area contributed by atoms with Gasteiger partial charge in [0, 0.05) is 23.1 Å². The molecule has 0 atom stereocenters. The van der Waals surface area contributed by atoms with Gasteiger partial charge in [0.05, 0.1) is 16.8 Å². The van der Waals surface area contributed by atoms with Gasteiger partial charge in [-0.25, -0.2) is 4.79 Å². The molecule has 3 rings (SSSR count). The van der Waals surface area contributed by atoms with Crippen LogP contribution in [0.1, 0.15) is 48.8 Å². The Labute approximate surface area is 196 Å². The van der Waals surface area contributed by atoms with E-state index in [4.69, 9.17) is 10.2 Å². The van der Waals surface area contributed by atoms with Gasteiger partial charge in [-0.05, 0) is 65.8 Å². The van der Waals surface area contributed by atoms with E-state index in [0.717, 1.165) is 48.1 Å². The molecule has 0 radical (unpaired) electrons. The number of rotatable bonds is 8. The normalized spacial score (nSPS) is 11.7. The fourth-order valence-electron chi connectivity index (χ4n) is 3.86. The Morgan fingerprint density at radius 3 is 2.00 bits per heavy atom. The molecular weight excluding hydrogens is 447 g/mol. The van der Waals surface area contributed by atoms with Crippen LogP contribution in [0.25, 0.3) is 11.1 Å². The second kappa shape index (κ2) is 10.5. The van der Waals surface area contributed by atoms with Gasteiger partial charge in [0.2, 0.25) is 0 Å². The second-order valence-corrected chi connectivity index (χ2v) is 8.97. The van der Waals surface area contributed by atoms with E-state index in [2.05, 4.69) is 32.9 Å². The molecule has 2 N–H and O–H groups in total. The Balaban J connectivity index is 1.81. The zero-order chi connectivity index (χ0) is 24.2. The van der Waals surface area contributed by atoms with Gasteiger partial charge in [-0.15, -0.1) is 11.8 Å². The van der Waals surface area contributed by atoms with Crippen LogP contribution < -0.4 is 11.4 Å². The van der Waals surface area contributed by atoms with Crippen molar-refractivity contribution < 1.29 is 17.6 Å².